The summed E-state index contributed by atoms with van der Waals surface area (Å²) in [5.74, 6) is -0.783. The molecule has 0 unspecified atom stereocenters. The van der Waals surface area contributed by atoms with Gasteiger partial charge in [-0.1, -0.05) is 22.0 Å². The number of non-ortho nitro benzene ring substituents is 1. The molecule has 2 aromatic rings. The van der Waals surface area contributed by atoms with Crippen LogP contribution in [0, 0.1) is 10.1 Å². The van der Waals surface area contributed by atoms with Crippen molar-refractivity contribution in [2.24, 2.45) is 0 Å². The van der Waals surface area contributed by atoms with Crippen molar-refractivity contribution in [1.82, 2.24) is 5.32 Å². The molecule has 0 aliphatic carbocycles. The van der Waals surface area contributed by atoms with Gasteiger partial charge in [-0.2, -0.15) is 0 Å². The van der Waals surface area contributed by atoms with Crippen molar-refractivity contribution in [3.8, 4) is 5.75 Å². The second-order valence-corrected chi connectivity index (χ2v) is 6.43. The maximum absolute atomic E-state index is 12.5. The molecule has 9 heteroatoms. The van der Waals surface area contributed by atoms with Gasteiger partial charge >= 0.3 is 5.97 Å². The molecule has 1 amide bonds. The minimum atomic E-state index is -1.04. The topological polar surface area (TPSA) is 108 Å². The van der Waals surface area contributed by atoms with Crippen LogP contribution in [0.2, 0.25) is 0 Å². The molecule has 0 fully saturated rings. The predicted octanol–water partition coefficient (Wildman–Crippen LogP) is 2.88. The molecule has 0 aliphatic rings. The smallest absolute Gasteiger partial charge is 0.328 e. The fourth-order valence-electron chi connectivity index (χ4n) is 2.46. The second kappa shape index (κ2) is 9.13. The Kier molecular flexibility index (Phi) is 6.89. The van der Waals surface area contributed by atoms with Crippen molar-refractivity contribution in [2.75, 3.05) is 14.2 Å². The highest BCUT2D eigenvalue weighted by atomic mass is 79.9. The van der Waals surface area contributed by atoms with E-state index in [1.165, 1.54) is 32.4 Å². The zero-order valence-electron chi connectivity index (χ0n) is 14.6. The first-order chi connectivity index (χ1) is 12.8. The van der Waals surface area contributed by atoms with Crippen LogP contribution in [0.15, 0.2) is 46.9 Å². The summed E-state index contributed by atoms with van der Waals surface area (Å²) in [4.78, 5) is 35.1. The van der Waals surface area contributed by atoms with Crippen LogP contribution in [0.1, 0.15) is 15.9 Å². The number of nitro groups is 1. The van der Waals surface area contributed by atoms with Crippen LogP contribution < -0.4 is 10.1 Å². The summed E-state index contributed by atoms with van der Waals surface area (Å²) in [5, 5.41) is 13.6. The van der Waals surface area contributed by atoms with Gasteiger partial charge in [-0.15, -0.1) is 0 Å². The van der Waals surface area contributed by atoms with Crippen molar-refractivity contribution in [3.63, 3.8) is 0 Å². The SMILES string of the molecule is COC(=O)[C@@H](Cc1cc([N+](=O)[O-])ccc1OC)NC(=O)c1cccc(Br)c1. The van der Waals surface area contributed by atoms with Gasteiger partial charge in [0.25, 0.3) is 11.6 Å². The van der Waals surface area contributed by atoms with Crippen LogP contribution in [-0.4, -0.2) is 37.1 Å². The number of nitro benzene ring substituents is 1. The Labute approximate surface area is 163 Å². The van der Waals surface area contributed by atoms with Crippen LogP contribution >= 0.6 is 15.9 Å². The number of carbonyl (C=O) groups is 2. The number of rotatable bonds is 7. The molecule has 1 N–H and O–H groups in total. The highest BCUT2D eigenvalue weighted by Gasteiger charge is 2.25. The molecule has 27 heavy (non-hydrogen) atoms. The summed E-state index contributed by atoms with van der Waals surface area (Å²) >= 11 is 3.28. The van der Waals surface area contributed by atoms with Crippen molar-refractivity contribution in [2.45, 2.75) is 12.5 Å². The summed E-state index contributed by atoms with van der Waals surface area (Å²) in [6.45, 7) is 0. The van der Waals surface area contributed by atoms with E-state index >= 15 is 0 Å². The molecule has 0 heterocycles. The van der Waals surface area contributed by atoms with Gasteiger partial charge in [0.15, 0.2) is 0 Å². The van der Waals surface area contributed by atoms with Gasteiger partial charge in [0, 0.05) is 34.2 Å². The van der Waals surface area contributed by atoms with Crippen LogP contribution in [0.25, 0.3) is 0 Å². The number of halogens is 1. The van der Waals surface area contributed by atoms with Gasteiger partial charge in [0.05, 0.1) is 19.1 Å². The molecule has 0 saturated carbocycles. The summed E-state index contributed by atoms with van der Waals surface area (Å²) in [6.07, 6.45) is -0.0305. The van der Waals surface area contributed by atoms with E-state index in [9.17, 15) is 19.7 Å². The number of nitrogens with zero attached hydrogens (tertiary/aromatic N) is 1. The number of hydrogen-bond acceptors (Lipinski definition) is 6. The Balaban J connectivity index is 2.29. The third-order valence-electron chi connectivity index (χ3n) is 3.78. The number of hydrogen-bond donors (Lipinski definition) is 1. The molecular formula is C18H17BrN2O6. The average molecular weight is 437 g/mol. The van der Waals surface area contributed by atoms with E-state index in [4.69, 9.17) is 9.47 Å². The van der Waals surface area contributed by atoms with E-state index in [0.717, 1.165) is 0 Å². The first kappa shape index (κ1) is 20.4. The first-order valence-electron chi connectivity index (χ1n) is 7.81. The van der Waals surface area contributed by atoms with Crippen molar-refractivity contribution in [3.05, 3.63) is 68.2 Å². The summed E-state index contributed by atoms with van der Waals surface area (Å²) in [5.41, 5.74) is 0.605. The van der Waals surface area contributed by atoms with Gasteiger partial charge in [0.2, 0.25) is 0 Å². The van der Waals surface area contributed by atoms with Crippen LogP contribution in [-0.2, 0) is 16.0 Å². The van der Waals surface area contributed by atoms with Gasteiger partial charge in [-0.05, 0) is 24.3 Å². The minimum Gasteiger partial charge on any atom is -0.496 e. The lowest BCUT2D eigenvalue weighted by atomic mass is 10.0. The number of ether oxygens (including phenoxy) is 2. The fourth-order valence-corrected chi connectivity index (χ4v) is 2.86. The number of benzene rings is 2. The Morgan fingerprint density at radius 3 is 2.56 bits per heavy atom. The third kappa shape index (κ3) is 5.27. The summed E-state index contributed by atoms with van der Waals surface area (Å²) in [7, 11) is 2.61. The zero-order chi connectivity index (χ0) is 20.0. The van der Waals surface area contributed by atoms with Crippen LogP contribution in [0.5, 0.6) is 5.75 Å². The largest absolute Gasteiger partial charge is 0.496 e. The van der Waals surface area contributed by atoms with Crippen molar-refractivity contribution < 1.29 is 24.0 Å². The molecule has 8 nitrogen and oxygen atoms in total. The molecule has 1 atom stereocenters. The minimum absolute atomic E-state index is 0.0305. The summed E-state index contributed by atoms with van der Waals surface area (Å²) in [6, 6.07) is 9.67. The van der Waals surface area contributed by atoms with Gasteiger partial charge in [-0.3, -0.25) is 14.9 Å². The normalized spacial score (nSPS) is 11.4. The fraction of sp³-hybridized carbons (Fsp3) is 0.222. The quantitative estimate of drug-likeness (QED) is 0.406. The lowest BCUT2D eigenvalue weighted by molar-refractivity contribution is -0.384. The third-order valence-corrected chi connectivity index (χ3v) is 4.27. The van der Waals surface area contributed by atoms with Crippen molar-refractivity contribution >= 4 is 33.5 Å². The zero-order valence-corrected chi connectivity index (χ0v) is 16.2. The van der Waals surface area contributed by atoms with E-state index in [-0.39, 0.29) is 12.1 Å². The Morgan fingerprint density at radius 2 is 1.96 bits per heavy atom. The Bertz CT molecular complexity index is 871. The molecular weight excluding hydrogens is 420 g/mol. The second-order valence-electron chi connectivity index (χ2n) is 5.52. The standard InChI is InChI=1S/C18H17BrN2O6/c1-26-16-7-6-14(21(24)25)9-12(16)10-15(18(23)27-2)20-17(22)11-4-3-5-13(19)8-11/h3-9,15H,10H2,1-2H3,(H,20,22)/t15-/m1/s1. The highest BCUT2D eigenvalue weighted by Crippen LogP contribution is 2.25. The monoisotopic (exact) mass is 436 g/mol. The van der Waals surface area contributed by atoms with Gasteiger partial charge in [0.1, 0.15) is 11.8 Å². The number of carbonyl (C=O) groups excluding carboxylic acids is 2. The number of nitrogens with one attached hydrogen (secondary N) is 1. The highest BCUT2D eigenvalue weighted by molar-refractivity contribution is 9.10. The van der Waals surface area contributed by atoms with E-state index in [0.29, 0.717) is 21.3 Å². The predicted molar refractivity (Wildman–Crippen MR) is 101 cm³/mol. The number of esters is 1. The van der Waals surface area contributed by atoms with Crippen LogP contribution in [0.4, 0.5) is 5.69 Å². The molecule has 0 aromatic heterocycles. The molecule has 0 bridgehead atoms. The molecule has 0 saturated heterocycles. The molecule has 2 aromatic carbocycles. The van der Waals surface area contributed by atoms with E-state index in [1.807, 2.05) is 0 Å². The van der Waals surface area contributed by atoms with Crippen LogP contribution in [0.3, 0.4) is 0 Å². The molecule has 0 radical (unpaired) electrons. The molecule has 142 valence electrons. The van der Waals surface area contributed by atoms with E-state index < -0.39 is 22.8 Å². The Morgan fingerprint density at radius 1 is 1.22 bits per heavy atom. The number of methoxy groups -OCH3 is 2. The maximum Gasteiger partial charge on any atom is 0.328 e. The van der Waals surface area contributed by atoms with E-state index in [1.54, 1.807) is 24.3 Å². The molecule has 0 aliphatic heterocycles. The van der Waals surface area contributed by atoms with E-state index in [2.05, 4.69) is 21.2 Å². The summed E-state index contributed by atoms with van der Waals surface area (Å²) < 4.78 is 10.7. The Hall–Kier alpha value is -2.94. The van der Waals surface area contributed by atoms with Gasteiger partial charge < -0.3 is 14.8 Å². The van der Waals surface area contributed by atoms with Crippen molar-refractivity contribution in [1.29, 1.82) is 0 Å². The first-order valence-corrected chi connectivity index (χ1v) is 8.60. The molecule has 2 rings (SSSR count). The maximum atomic E-state index is 12.5. The number of amides is 1. The van der Waals surface area contributed by atoms with Gasteiger partial charge in [-0.25, -0.2) is 4.79 Å². The lowest BCUT2D eigenvalue weighted by Gasteiger charge is -2.18. The molecule has 0 spiro atoms. The average Bonchev–Trinajstić information content (AvgIpc) is 2.66. The lowest BCUT2D eigenvalue weighted by Crippen LogP contribution is -2.43.